The van der Waals surface area contributed by atoms with Crippen LogP contribution in [0.15, 0.2) is 0 Å². The largest absolute Gasteiger partial charge is 0.317 e. The topological polar surface area (TPSA) is 106 Å². The third-order valence-electron chi connectivity index (χ3n) is 5.12. The first-order valence-corrected chi connectivity index (χ1v) is 9.36. The van der Waals surface area contributed by atoms with Crippen LogP contribution in [0.3, 0.4) is 0 Å². The molecule has 6 nitrogen and oxygen atoms in total. The van der Waals surface area contributed by atoms with Gasteiger partial charge in [-0.15, -0.1) is 0 Å². The Morgan fingerprint density at radius 3 is 1.92 bits per heavy atom. The highest BCUT2D eigenvalue weighted by Crippen LogP contribution is 2.43. The number of hydrogen-bond acceptors (Lipinski definition) is 5. The summed E-state index contributed by atoms with van der Waals surface area (Å²) in [5.74, 6) is -3.01. The van der Waals surface area contributed by atoms with Crippen LogP contribution >= 0.6 is 0 Å². The van der Waals surface area contributed by atoms with E-state index < -0.39 is 29.1 Å². The highest BCUT2D eigenvalue weighted by atomic mass is 16.2. The molecule has 2 atom stereocenters. The zero-order valence-corrected chi connectivity index (χ0v) is 15.4. The van der Waals surface area contributed by atoms with E-state index in [1.54, 1.807) is 6.92 Å². The molecule has 2 rings (SSSR count). The summed E-state index contributed by atoms with van der Waals surface area (Å²) in [4.78, 5) is 23.5. The van der Waals surface area contributed by atoms with E-state index in [1.165, 1.54) is 32.4 Å². The van der Waals surface area contributed by atoms with Crippen molar-refractivity contribution in [2.75, 3.05) is 13.1 Å². The Bertz CT molecular complexity index is 485. The number of carbonyl (C=O) groups excluding carboxylic acids is 2. The maximum Gasteiger partial charge on any atom is 0.244 e. The molecule has 2 N–H and O–H groups in total. The van der Waals surface area contributed by atoms with Crippen molar-refractivity contribution in [1.82, 2.24) is 10.6 Å². The number of hydrogen-bond donors (Lipinski definition) is 2. The third kappa shape index (κ3) is 5.83. The van der Waals surface area contributed by atoms with E-state index in [9.17, 15) is 9.59 Å². The number of amides is 2. The van der Waals surface area contributed by atoms with Crippen molar-refractivity contribution >= 4 is 11.8 Å². The second-order valence-corrected chi connectivity index (χ2v) is 7.10. The molecule has 0 aromatic carbocycles. The van der Waals surface area contributed by atoms with Gasteiger partial charge in [0.2, 0.25) is 11.8 Å². The van der Waals surface area contributed by atoms with E-state index in [4.69, 9.17) is 10.5 Å². The number of nitrogens with one attached hydrogen (secondary N) is 2. The Morgan fingerprint density at radius 2 is 1.56 bits per heavy atom. The van der Waals surface area contributed by atoms with Crippen LogP contribution in [-0.4, -0.2) is 24.9 Å². The zero-order valence-electron chi connectivity index (χ0n) is 15.4. The van der Waals surface area contributed by atoms with Crippen molar-refractivity contribution in [3.63, 3.8) is 0 Å². The Labute approximate surface area is 151 Å². The van der Waals surface area contributed by atoms with Crippen molar-refractivity contribution in [1.29, 1.82) is 10.5 Å². The van der Waals surface area contributed by atoms with Crippen molar-refractivity contribution in [3.8, 4) is 12.1 Å². The minimum absolute atomic E-state index is 0.544. The van der Waals surface area contributed by atoms with Gasteiger partial charge >= 0.3 is 0 Å². The van der Waals surface area contributed by atoms with Crippen LogP contribution in [-0.2, 0) is 9.59 Å². The molecule has 25 heavy (non-hydrogen) atoms. The standard InChI is InChI=1S/C14H19N3O2.C5H11N/c1-3-4-5-6-7-14(2)10(8-15)12(18)17-13(19)11(14)9-16;1-2-4-6-5-3-1/h10-11H,3-7H2,1-2H3,(H,17,18,19);6H,1-5H2. The lowest BCUT2D eigenvalue weighted by molar-refractivity contribution is -0.144. The van der Waals surface area contributed by atoms with E-state index in [0.29, 0.717) is 6.42 Å². The summed E-state index contributed by atoms with van der Waals surface area (Å²) >= 11 is 0. The Hall–Kier alpha value is -1.92. The molecule has 0 radical (unpaired) electrons. The van der Waals surface area contributed by atoms with Crippen LogP contribution in [0.2, 0.25) is 0 Å². The molecular weight excluding hydrogens is 316 g/mol. The smallest absolute Gasteiger partial charge is 0.244 e. The fourth-order valence-electron chi connectivity index (χ4n) is 3.47. The average molecular weight is 346 g/mol. The van der Waals surface area contributed by atoms with Crippen molar-refractivity contribution in [2.45, 2.75) is 65.2 Å². The van der Waals surface area contributed by atoms with Gasteiger partial charge in [0.25, 0.3) is 0 Å². The second-order valence-electron chi connectivity index (χ2n) is 7.10. The van der Waals surface area contributed by atoms with Crippen LogP contribution in [0, 0.1) is 39.9 Å². The molecule has 138 valence electrons. The molecular formula is C19H30N4O2. The molecule has 0 spiro atoms. The number of carbonyl (C=O) groups is 2. The van der Waals surface area contributed by atoms with Gasteiger partial charge in [-0.2, -0.15) is 10.5 Å². The second kappa shape index (κ2) is 10.8. The maximum absolute atomic E-state index is 11.7. The summed E-state index contributed by atoms with van der Waals surface area (Å²) < 4.78 is 0. The first-order chi connectivity index (χ1) is 12.0. The van der Waals surface area contributed by atoms with Gasteiger partial charge in [0.05, 0.1) is 12.1 Å². The Balaban J connectivity index is 0.000000435. The van der Waals surface area contributed by atoms with Gasteiger partial charge < -0.3 is 5.32 Å². The van der Waals surface area contributed by atoms with Gasteiger partial charge in [-0.05, 0) is 32.4 Å². The lowest BCUT2D eigenvalue weighted by atomic mass is 9.63. The minimum atomic E-state index is -0.934. The monoisotopic (exact) mass is 346 g/mol. The lowest BCUT2D eigenvalue weighted by Crippen LogP contribution is -2.56. The van der Waals surface area contributed by atoms with Crippen molar-refractivity contribution in [3.05, 3.63) is 0 Å². The summed E-state index contributed by atoms with van der Waals surface area (Å²) in [5.41, 5.74) is -0.878. The van der Waals surface area contributed by atoms with E-state index in [1.807, 2.05) is 12.1 Å². The third-order valence-corrected chi connectivity index (χ3v) is 5.12. The predicted octanol–water partition coefficient (Wildman–Crippen LogP) is 2.66. The molecule has 0 aromatic heterocycles. The normalized spacial score (nSPS) is 28.8. The SMILES string of the molecule is C1CCNCC1.CCCCCCC1(C)C(C#N)C(=O)NC(=O)C1C#N. The molecule has 0 aromatic rings. The highest BCUT2D eigenvalue weighted by Gasteiger charge is 2.52. The number of imide groups is 1. The van der Waals surface area contributed by atoms with Crippen LogP contribution in [0.5, 0.6) is 0 Å². The number of nitriles is 2. The van der Waals surface area contributed by atoms with Gasteiger partial charge in [-0.3, -0.25) is 14.9 Å². The molecule has 2 saturated heterocycles. The number of rotatable bonds is 5. The molecule has 0 bridgehead atoms. The van der Waals surface area contributed by atoms with Crippen LogP contribution in [0.1, 0.15) is 65.2 Å². The number of unbranched alkanes of at least 4 members (excludes halogenated alkanes) is 3. The number of piperidine rings is 2. The number of nitrogens with zero attached hydrogens (tertiary/aromatic N) is 2. The molecule has 2 aliphatic rings. The molecule has 6 heteroatoms. The highest BCUT2D eigenvalue weighted by molar-refractivity contribution is 6.03. The summed E-state index contributed by atoms with van der Waals surface area (Å²) in [5, 5.41) is 23.7. The van der Waals surface area contributed by atoms with Crippen LogP contribution in [0.25, 0.3) is 0 Å². The molecule has 2 aliphatic heterocycles. The van der Waals surface area contributed by atoms with Crippen molar-refractivity contribution < 1.29 is 9.59 Å². The average Bonchev–Trinajstić information content (AvgIpc) is 2.61. The van der Waals surface area contributed by atoms with Gasteiger partial charge in [0, 0.05) is 5.41 Å². The summed E-state index contributed by atoms with van der Waals surface area (Å²) in [7, 11) is 0. The predicted molar refractivity (Wildman–Crippen MR) is 94.9 cm³/mol. The molecule has 0 saturated carbocycles. The first-order valence-electron chi connectivity index (χ1n) is 9.36. The zero-order chi connectivity index (χ0) is 18.7. The Kier molecular flexibility index (Phi) is 9.16. The van der Waals surface area contributed by atoms with Crippen molar-refractivity contribution in [2.24, 2.45) is 17.3 Å². The van der Waals surface area contributed by atoms with Crippen LogP contribution in [0.4, 0.5) is 0 Å². The lowest BCUT2D eigenvalue weighted by Gasteiger charge is -2.39. The van der Waals surface area contributed by atoms with Gasteiger partial charge in [-0.1, -0.05) is 46.0 Å². The summed E-state index contributed by atoms with van der Waals surface area (Å²) in [6, 6.07) is 3.91. The fraction of sp³-hybridized carbons (Fsp3) is 0.789. The first kappa shape index (κ1) is 21.1. The molecule has 0 aliphatic carbocycles. The molecule has 2 fully saturated rings. The maximum atomic E-state index is 11.7. The van der Waals surface area contributed by atoms with E-state index >= 15 is 0 Å². The summed E-state index contributed by atoms with van der Waals surface area (Å²) in [6.45, 7) is 6.30. The van der Waals surface area contributed by atoms with Gasteiger partial charge in [0.15, 0.2) is 0 Å². The van der Waals surface area contributed by atoms with E-state index in [0.717, 1.165) is 25.7 Å². The van der Waals surface area contributed by atoms with Gasteiger partial charge in [-0.25, -0.2) is 0 Å². The van der Waals surface area contributed by atoms with Crippen LogP contribution < -0.4 is 10.6 Å². The molecule has 2 amide bonds. The van der Waals surface area contributed by atoms with E-state index in [-0.39, 0.29) is 0 Å². The minimum Gasteiger partial charge on any atom is -0.317 e. The van der Waals surface area contributed by atoms with Gasteiger partial charge in [0.1, 0.15) is 11.8 Å². The van der Waals surface area contributed by atoms with E-state index in [2.05, 4.69) is 17.6 Å². The molecule has 2 heterocycles. The Morgan fingerprint density at radius 1 is 1.00 bits per heavy atom. The quantitative estimate of drug-likeness (QED) is 0.588. The fourth-order valence-corrected chi connectivity index (χ4v) is 3.47. The molecule has 2 unspecified atom stereocenters. The summed E-state index contributed by atoms with van der Waals surface area (Å²) in [6.07, 6.45) is 8.72.